The molecule has 3 aromatic rings. The van der Waals surface area contributed by atoms with Crippen LogP contribution in [0.2, 0.25) is 0 Å². The zero-order chi connectivity index (χ0) is 13.0. The Hall–Kier alpha value is -2.40. The van der Waals surface area contributed by atoms with Crippen LogP contribution in [0.15, 0.2) is 35.3 Å². The molecule has 0 aliphatic heterocycles. The number of imidazole rings is 1. The van der Waals surface area contributed by atoms with Crippen LogP contribution in [-0.4, -0.2) is 19.5 Å². The number of fused-ring (bicyclic) bond motifs is 5. The van der Waals surface area contributed by atoms with E-state index in [1.807, 2.05) is 18.2 Å². The van der Waals surface area contributed by atoms with E-state index < -0.39 is 0 Å². The fourth-order valence-corrected chi connectivity index (χ4v) is 2.73. The van der Waals surface area contributed by atoms with Gasteiger partial charge >= 0.3 is 0 Å². The van der Waals surface area contributed by atoms with Crippen molar-refractivity contribution in [3.8, 4) is 11.3 Å². The smallest absolute Gasteiger partial charge is 0.292 e. The van der Waals surface area contributed by atoms with Crippen LogP contribution in [-0.2, 0) is 13.0 Å². The summed E-state index contributed by atoms with van der Waals surface area (Å²) in [4.78, 5) is 19.1. The second-order valence-electron chi connectivity index (χ2n) is 4.69. The van der Waals surface area contributed by atoms with Gasteiger partial charge in [-0.3, -0.25) is 9.20 Å². The Morgan fingerprint density at radius 3 is 3.05 bits per heavy atom. The van der Waals surface area contributed by atoms with Gasteiger partial charge in [0.2, 0.25) is 5.65 Å². The highest BCUT2D eigenvalue weighted by Gasteiger charge is 2.23. The first-order valence-corrected chi connectivity index (χ1v) is 6.10. The molecule has 2 aromatic heterocycles. The second-order valence-corrected chi connectivity index (χ2v) is 4.69. The van der Waals surface area contributed by atoms with E-state index in [1.54, 1.807) is 10.6 Å². The van der Waals surface area contributed by atoms with Crippen molar-refractivity contribution in [1.82, 2.24) is 14.4 Å². The van der Waals surface area contributed by atoms with Crippen molar-refractivity contribution >= 4 is 5.65 Å². The minimum absolute atomic E-state index is 0.164. The minimum Gasteiger partial charge on any atom is -0.390 e. The van der Waals surface area contributed by atoms with Gasteiger partial charge in [-0.25, -0.2) is 4.98 Å². The van der Waals surface area contributed by atoms with Crippen LogP contribution in [0.1, 0.15) is 17.0 Å². The molecular formula is C14H11N3O2. The zero-order valence-electron chi connectivity index (χ0n) is 10.1. The summed E-state index contributed by atoms with van der Waals surface area (Å²) in [5.74, 6) is 0. The predicted octanol–water partition coefficient (Wildman–Crippen LogP) is 1.09. The van der Waals surface area contributed by atoms with Gasteiger partial charge in [0.1, 0.15) is 0 Å². The van der Waals surface area contributed by atoms with Crippen molar-refractivity contribution < 1.29 is 5.11 Å². The summed E-state index contributed by atoms with van der Waals surface area (Å²) in [5, 5.41) is 9.16. The van der Waals surface area contributed by atoms with Crippen LogP contribution in [0.5, 0.6) is 0 Å². The summed E-state index contributed by atoms with van der Waals surface area (Å²) in [6.45, 7) is -0.164. The van der Waals surface area contributed by atoms with Crippen LogP contribution in [0.3, 0.4) is 0 Å². The van der Waals surface area contributed by atoms with E-state index >= 15 is 0 Å². The van der Waals surface area contributed by atoms with E-state index in [2.05, 4.69) is 16.0 Å². The number of aromatic nitrogens is 3. The highest BCUT2D eigenvalue weighted by Crippen LogP contribution is 2.34. The lowest BCUT2D eigenvalue weighted by Crippen LogP contribution is -2.13. The summed E-state index contributed by atoms with van der Waals surface area (Å²) in [5.41, 5.74) is 4.76. The quantitative estimate of drug-likeness (QED) is 0.533. The summed E-state index contributed by atoms with van der Waals surface area (Å²) in [6.07, 6.45) is 2.50. The van der Waals surface area contributed by atoms with Gasteiger partial charge in [0.05, 0.1) is 23.7 Å². The third-order valence-corrected chi connectivity index (χ3v) is 3.58. The molecule has 0 saturated heterocycles. The Balaban J connectivity index is 2.11. The van der Waals surface area contributed by atoms with Gasteiger partial charge in [0.15, 0.2) is 0 Å². The van der Waals surface area contributed by atoms with Gasteiger partial charge in [-0.15, -0.1) is 0 Å². The maximum absolute atomic E-state index is 12.1. The first kappa shape index (κ1) is 10.5. The fraction of sp³-hybridized carbons (Fsp3) is 0.143. The third-order valence-electron chi connectivity index (χ3n) is 3.58. The molecular weight excluding hydrogens is 242 g/mol. The van der Waals surface area contributed by atoms with E-state index in [0.29, 0.717) is 11.3 Å². The Morgan fingerprint density at radius 2 is 2.21 bits per heavy atom. The molecule has 4 rings (SSSR count). The molecule has 5 nitrogen and oxygen atoms in total. The average molecular weight is 253 g/mol. The van der Waals surface area contributed by atoms with Crippen LogP contribution in [0.25, 0.3) is 16.9 Å². The Morgan fingerprint density at radius 1 is 1.37 bits per heavy atom. The molecule has 2 N–H and O–H groups in total. The van der Waals surface area contributed by atoms with E-state index in [9.17, 15) is 4.79 Å². The summed E-state index contributed by atoms with van der Waals surface area (Å²) in [6, 6.07) is 8.02. The van der Waals surface area contributed by atoms with Gasteiger partial charge in [0.25, 0.3) is 5.56 Å². The van der Waals surface area contributed by atoms with E-state index in [1.165, 1.54) is 5.56 Å². The van der Waals surface area contributed by atoms with Gasteiger partial charge in [-0.2, -0.15) is 0 Å². The topological polar surface area (TPSA) is 70.4 Å². The largest absolute Gasteiger partial charge is 0.390 e. The van der Waals surface area contributed by atoms with E-state index in [-0.39, 0.29) is 12.2 Å². The highest BCUT2D eigenvalue weighted by atomic mass is 16.3. The second kappa shape index (κ2) is 3.55. The number of nitrogens with one attached hydrogen (secondary N) is 1. The molecule has 0 fully saturated rings. The first-order valence-electron chi connectivity index (χ1n) is 6.10. The van der Waals surface area contributed by atoms with Crippen LogP contribution >= 0.6 is 0 Å². The molecule has 0 unspecified atom stereocenters. The number of hydrogen-bond acceptors (Lipinski definition) is 3. The molecule has 1 aromatic carbocycles. The molecule has 0 spiro atoms. The van der Waals surface area contributed by atoms with Crippen LogP contribution < -0.4 is 5.56 Å². The maximum Gasteiger partial charge on any atom is 0.292 e. The normalized spacial score (nSPS) is 12.7. The first-order chi connectivity index (χ1) is 9.28. The number of rotatable bonds is 1. The van der Waals surface area contributed by atoms with Gasteiger partial charge in [-0.05, 0) is 5.56 Å². The molecule has 2 heterocycles. The average Bonchev–Trinajstić information content (AvgIpc) is 3.00. The van der Waals surface area contributed by atoms with Crippen molar-refractivity contribution in [3.63, 3.8) is 0 Å². The van der Waals surface area contributed by atoms with Crippen molar-refractivity contribution in [1.29, 1.82) is 0 Å². The van der Waals surface area contributed by atoms with E-state index in [4.69, 9.17) is 5.11 Å². The minimum atomic E-state index is -0.227. The Kier molecular flexibility index (Phi) is 1.97. The molecule has 0 radical (unpaired) electrons. The van der Waals surface area contributed by atoms with Crippen molar-refractivity contribution in [3.05, 3.63) is 57.8 Å². The lowest BCUT2D eigenvalue weighted by atomic mass is 10.1. The fourth-order valence-electron chi connectivity index (χ4n) is 2.73. The third kappa shape index (κ3) is 1.33. The Labute approximate surface area is 108 Å². The van der Waals surface area contributed by atoms with Crippen LogP contribution in [0, 0.1) is 0 Å². The molecule has 94 valence electrons. The summed E-state index contributed by atoms with van der Waals surface area (Å²) < 4.78 is 1.79. The standard InChI is InChI=1S/C14H11N3O2/c18-7-9-6-17-11-5-8-3-1-2-4-10(8)12(11)16-14(19)13(17)15-9/h1-4,6,18H,5,7H2,(H,16,19). The highest BCUT2D eigenvalue weighted by molar-refractivity contribution is 5.73. The number of aromatic amines is 1. The number of aliphatic hydroxyl groups is 1. The number of hydrogen-bond donors (Lipinski definition) is 2. The molecule has 19 heavy (non-hydrogen) atoms. The molecule has 0 amide bonds. The Bertz CT molecular complexity index is 861. The zero-order valence-corrected chi connectivity index (χ0v) is 10.1. The van der Waals surface area contributed by atoms with E-state index in [0.717, 1.165) is 23.4 Å². The monoisotopic (exact) mass is 253 g/mol. The molecule has 0 bridgehead atoms. The number of benzene rings is 1. The lowest BCUT2D eigenvalue weighted by molar-refractivity contribution is 0.277. The van der Waals surface area contributed by atoms with Crippen molar-refractivity contribution in [2.24, 2.45) is 0 Å². The number of aliphatic hydroxyl groups excluding tert-OH is 1. The van der Waals surface area contributed by atoms with Gasteiger partial charge < -0.3 is 10.1 Å². The van der Waals surface area contributed by atoms with Crippen molar-refractivity contribution in [2.75, 3.05) is 0 Å². The maximum atomic E-state index is 12.1. The van der Waals surface area contributed by atoms with Crippen LogP contribution in [0.4, 0.5) is 0 Å². The molecule has 1 aliphatic carbocycles. The van der Waals surface area contributed by atoms with Crippen molar-refractivity contribution in [2.45, 2.75) is 13.0 Å². The van der Waals surface area contributed by atoms with Gasteiger partial charge in [0, 0.05) is 18.2 Å². The number of H-pyrrole nitrogens is 1. The van der Waals surface area contributed by atoms with Gasteiger partial charge in [-0.1, -0.05) is 24.3 Å². The molecule has 0 atom stereocenters. The predicted molar refractivity (Wildman–Crippen MR) is 70.0 cm³/mol. The lowest BCUT2D eigenvalue weighted by Gasteiger charge is -2.02. The number of nitrogens with zero attached hydrogens (tertiary/aromatic N) is 2. The molecule has 5 heteroatoms. The summed E-state index contributed by atoms with van der Waals surface area (Å²) in [7, 11) is 0. The summed E-state index contributed by atoms with van der Waals surface area (Å²) >= 11 is 0. The molecule has 1 aliphatic rings. The SMILES string of the molecule is O=c1[nH]c2c(n3cc(CO)nc13)Cc1ccccc1-2. The molecule has 0 saturated carbocycles.